The Morgan fingerprint density at radius 2 is 2.11 bits per heavy atom. The maximum atomic E-state index is 12.3. The Hall–Kier alpha value is -1.82. The lowest BCUT2D eigenvalue weighted by Crippen LogP contribution is -2.16. The number of rotatable bonds is 2. The average molecular weight is 323 g/mol. The van der Waals surface area contributed by atoms with E-state index in [-0.39, 0.29) is 5.91 Å². The van der Waals surface area contributed by atoms with Crippen LogP contribution in [0.25, 0.3) is 0 Å². The highest BCUT2D eigenvalue weighted by atomic mass is 79.9. The highest BCUT2D eigenvalue weighted by Crippen LogP contribution is 2.25. The minimum atomic E-state index is -0.217. The second-order valence-electron chi connectivity index (χ2n) is 4.36. The molecule has 100 valence electrons. The number of aromatic nitrogens is 2. The van der Waals surface area contributed by atoms with Crippen LogP contribution in [0.2, 0.25) is 0 Å². The van der Waals surface area contributed by atoms with Gasteiger partial charge in [0.2, 0.25) is 0 Å². The van der Waals surface area contributed by atoms with Crippen molar-refractivity contribution in [1.82, 2.24) is 9.78 Å². The van der Waals surface area contributed by atoms with Crippen LogP contribution in [0.1, 0.15) is 21.6 Å². The molecule has 0 bridgehead atoms. The summed E-state index contributed by atoms with van der Waals surface area (Å²) in [7, 11) is 1.74. The summed E-state index contributed by atoms with van der Waals surface area (Å²) in [5, 5.41) is 6.95. The molecule has 0 radical (unpaired) electrons. The number of aryl methyl sites for hydroxylation is 3. The number of nitrogens with zero attached hydrogens (tertiary/aromatic N) is 2. The van der Waals surface area contributed by atoms with E-state index in [1.807, 2.05) is 19.1 Å². The van der Waals surface area contributed by atoms with E-state index in [0.717, 1.165) is 10.0 Å². The van der Waals surface area contributed by atoms with E-state index in [4.69, 9.17) is 5.73 Å². The topological polar surface area (TPSA) is 72.9 Å². The van der Waals surface area contributed by atoms with E-state index in [1.165, 1.54) is 0 Å². The number of benzene rings is 1. The Labute approximate surface area is 119 Å². The quantitative estimate of drug-likeness (QED) is 0.892. The van der Waals surface area contributed by atoms with Crippen molar-refractivity contribution in [3.8, 4) is 0 Å². The summed E-state index contributed by atoms with van der Waals surface area (Å²) >= 11 is 3.42. The van der Waals surface area contributed by atoms with Crippen LogP contribution >= 0.6 is 15.9 Å². The zero-order valence-electron chi connectivity index (χ0n) is 11.0. The molecule has 0 saturated carbocycles. The fourth-order valence-corrected chi connectivity index (χ4v) is 2.26. The number of carbonyl (C=O) groups is 1. The minimum Gasteiger partial charge on any atom is -0.394 e. The second kappa shape index (κ2) is 5.05. The minimum absolute atomic E-state index is 0.217. The molecule has 0 fully saturated rings. The molecule has 2 aromatic rings. The van der Waals surface area contributed by atoms with E-state index in [2.05, 4.69) is 26.3 Å². The number of hydrogen-bond donors (Lipinski definition) is 2. The molecule has 0 aliphatic rings. The van der Waals surface area contributed by atoms with E-state index in [1.54, 1.807) is 24.7 Å². The maximum absolute atomic E-state index is 12.3. The van der Waals surface area contributed by atoms with Crippen molar-refractivity contribution in [1.29, 1.82) is 0 Å². The molecule has 0 aliphatic carbocycles. The first-order valence-electron chi connectivity index (χ1n) is 5.77. The first-order chi connectivity index (χ1) is 8.91. The van der Waals surface area contributed by atoms with Crippen molar-refractivity contribution in [2.45, 2.75) is 13.8 Å². The second-order valence-corrected chi connectivity index (χ2v) is 5.15. The van der Waals surface area contributed by atoms with Gasteiger partial charge in [0.15, 0.2) is 5.82 Å². The zero-order chi connectivity index (χ0) is 14.2. The first kappa shape index (κ1) is 13.6. The normalized spacial score (nSPS) is 10.5. The predicted octanol–water partition coefficient (Wildman–Crippen LogP) is 2.63. The molecular weight excluding hydrogens is 308 g/mol. The Morgan fingerprint density at radius 1 is 1.42 bits per heavy atom. The Bertz CT molecular complexity index is 648. The molecule has 19 heavy (non-hydrogen) atoms. The molecule has 2 rings (SSSR count). The monoisotopic (exact) mass is 322 g/mol. The van der Waals surface area contributed by atoms with Gasteiger partial charge in [-0.25, -0.2) is 0 Å². The maximum Gasteiger partial charge on any atom is 0.258 e. The molecule has 5 nitrogen and oxygen atoms in total. The van der Waals surface area contributed by atoms with Crippen LogP contribution in [0.5, 0.6) is 0 Å². The standard InChI is InChI=1S/C13H15BrN4O/c1-7-5-4-6-9(10(7)14)13(19)16-12-11(15)8(2)17-18(12)3/h4-6H,15H2,1-3H3,(H,16,19). The van der Waals surface area contributed by atoms with Crippen LogP contribution in [0.15, 0.2) is 22.7 Å². The molecule has 1 aromatic heterocycles. The van der Waals surface area contributed by atoms with Crippen LogP contribution in [0.4, 0.5) is 11.5 Å². The average Bonchev–Trinajstić information content (AvgIpc) is 2.59. The SMILES string of the molecule is Cc1cccc(C(=O)Nc2c(N)c(C)nn2C)c1Br. The number of carbonyl (C=O) groups excluding carboxylic acids is 1. The van der Waals surface area contributed by atoms with Crippen molar-refractivity contribution in [2.75, 3.05) is 11.1 Å². The smallest absolute Gasteiger partial charge is 0.258 e. The summed E-state index contributed by atoms with van der Waals surface area (Å²) in [6, 6.07) is 5.53. The number of hydrogen-bond acceptors (Lipinski definition) is 3. The molecule has 6 heteroatoms. The van der Waals surface area contributed by atoms with E-state index < -0.39 is 0 Å². The molecule has 1 amide bonds. The van der Waals surface area contributed by atoms with Crippen LogP contribution in [-0.4, -0.2) is 15.7 Å². The number of halogens is 1. The lowest BCUT2D eigenvalue weighted by Gasteiger charge is -2.09. The van der Waals surface area contributed by atoms with Gasteiger partial charge >= 0.3 is 0 Å². The van der Waals surface area contributed by atoms with Crippen molar-refractivity contribution in [3.63, 3.8) is 0 Å². The molecule has 0 spiro atoms. The van der Waals surface area contributed by atoms with Gasteiger partial charge in [-0.2, -0.15) is 5.10 Å². The van der Waals surface area contributed by atoms with Gasteiger partial charge in [0.05, 0.1) is 16.9 Å². The summed E-state index contributed by atoms with van der Waals surface area (Å²) in [5.74, 6) is 0.293. The van der Waals surface area contributed by atoms with Crippen LogP contribution in [0.3, 0.4) is 0 Å². The molecule has 0 atom stereocenters. The fraction of sp³-hybridized carbons (Fsp3) is 0.231. The summed E-state index contributed by atoms with van der Waals surface area (Å²) < 4.78 is 2.34. The zero-order valence-corrected chi connectivity index (χ0v) is 12.6. The number of nitrogens with two attached hydrogens (primary N) is 1. The number of nitrogens with one attached hydrogen (secondary N) is 1. The Balaban J connectivity index is 2.34. The summed E-state index contributed by atoms with van der Waals surface area (Å²) in [6.45, 7) is 3.73. The van der Waals surface area contributed by atoms with E-state index >= 15 is 0 Å². The molecule has 1 heterocycles. The highest BCUT2D eigenvalue weighted by Gasteiger charge is 2.16. The molecule has 0 saturated heterocycles. The number of amides is 1. The van der Waals surface area contributed by atoms with Gasteiger partial charge in [0.1, 0.15) is 0 Å². The lowest BCUT2D eigenvalue weighted by atomic mass is 10.1. The van der Waals surface area contributed by atoms with E-state index in [0.29, 0.717) is 22.8 Å². The number of nitrogen functional groups attached to an aromatic ring is 1. The Kier molecular flexibility index (Phi) is 3.61. The van der Waals surface area contributed by atoms with Gasteiger partial charge in [-0.05, 0) is 41.4 Å². The largest absolute Gasteiger partial charge is 0.394 e. The fourth-order valence-electron chi connectivity index (χ4n) is 1.82. The van der Waals surface area contributed by atoms with Crippen molar-refractivity contribution < 1.29 is 4.79 Å². The first-order valence-corrected chi connectivity index (χ1v) is 6.56. The summed E-state index contributed by atoms with van der Waals surface area (Å²) in [5.41, 5.74) is 8.64. The third kappa shape index (κ3) is 2.49. The predicted molar refractivity (Wildman–Crippen MR) is 79.2 cm³/mol. The van der Waals surface area contributed by atoms with Crippen molar-refractivity contribution in [3.05, 3.63) is 39.5 Å². The van der Waals surface area contributed by atoms with Gasteiger partial charge in [0.25, 0.3) is 5.91 Å². The van der Waals surface area contributed by atoms with E-state index in [9.17, 15) is 4.79 Å². The summed E-state index contributed by atoms with van der Waals surface area (Å²) in [4.78, 5) is 12.3. The molecule has 1 aromatic carbocycles. The Morgan fingerprint density at radius 3 is 2.68 bits per heavy atom. The number of anilines is 2. The van der Waals surface area contributed by atoms with Crippen LogP contribution in [-0.2, 0) is 7.05 Å². The van der Waals surface area contributed by atoms with Crippen LogP contribution < -0.4 is 11.1 Å². The van der Waals surface area contributed by atoms with Gasteiger partial charge in [0, 0.05) is 11.5 Å². The van der Waals surface area contributed by atoms with Gasteiger partial charge in [-0.15, -0.1) is 0 Å². The molecular formula is C13H15BrN4O. The molecule has 0 aliphatic heterocycles. The highest BCUT2D eigenvalue weighted by molar-refractivity contribution is 9.10. The van der Waals surface area contributed by atoms with Crippen molar-refractivity contribution in [2.24, 2.45) is 7.05 Å². The third-order valence-corrected chi connectivity index (χ3v) is 3.99. The lowest BCUT2D eigenvalue weighted by molar-refractivity contribution is 0.102. The van der Waals surface area contributed by atoms with Crippen LogP contribution in [0, 0.1) is 13.8 Å². The molecule has 0 unspecified atom stereocenters. The third-order valence-electron chi connectivity index (χ3n) is 2.94. The van der Waals surface area contributed by atoms with Gasteiger partial charge < -0.3 is 11.1 Å². The van der Waals surface area contributed by atoms with Gasteiger partial charge in [-0.1, -0.05) is 12.1 Å². The summed E-state index contributed by atoms with van der Waals surface area (Å²) in [6.07, 6.45) is 0. The molecule has 3 N–H and O–H groups in total. The van der Waals surface area contributed by atoms with Crippen molar-refractivity contribution >= 4 is 33.3 Å². The van der Waals surface area contributed by atoms with Gasteiger partial charge in [-0.3, -0.25) is 9.48 Å².